The summed E-state index contributed by atoms with van der Waals surface area (Å²) in [4.78, 5) is 38.8. The molecule has 0 saturated carbocycles. The summed E-state index contributed by atoms with van der Waals surface area (Å²) in [7, 11) is 0. The summed E-state index contributed by atoms with van der Waals surface area (Å²) in [6.07, 6.45) is 71.8. The highest BCUT2D eigenvalue weighted by molar-refractivity contribution is 5.75. The zero-order valence-corrected chi connectivity index (χ0v) is 51.2. The highest BCUT2D eigenvalue weighted by Crippen LogP contribution is 2.32. The lowest BCUT2D eigenvalue weighted by atomic mass is 9.84. The zero-order valence-electron chi connectivity index (χ0n) is 51.2. The van der Waals surface area contributed by atoms with E-state index in [-0.39, 0.29) is 30.7 Å². The van der Waals surface area contributed by atoms with Crippen molar-refractivity contribution in [2.75, 3.05) is 19.8 Å². The lowest BCUT2D eigenvalue weighted by Gasteiger charge is -2.34. The number of ether oxygens (including phenoxy) is 2. The van der Waals surface area contributed by atoms with Gasteiger partial charge in [0.15, 0.2) is 0 Å². The first-order chi connectivity index (χ1) is 36.4. The molecule has 0 aromatic heterocycles. The minimum Gasteiger partial charge on any atom is -0.466 e. The molecule has 0 radical (unpaired) electrons. The lowest BCUT2D eigenvalue weighted by molar-refractivity contribution is -0.372. The summed E-state index contributed by atoms with van der Waals surface area (Å²) < 4.78 is 11.6. The van der Waals surface area contributed by atoms with E-state index in [1.54, 1.807) is 0 Å². The van der Waals surface area contributed by atoms with Crippen molar-refractivity contribution in [3.63, 3.8) is 0 Å². The smallest absolute Gasteiger partial charge is 0.308 e. The summed E-state index contributed by atoms with van der Waals surface area (Å²) in [6.45, 7) is 12.2. The Bertz CT molecular complexity index is 1040. The van der Waals surface area contributed by atoms with E-state index in [1.165, 1.54) is 308 Å². The highest BCUT2D eigenvalue weighted by Gasteiger charge is 2.42. The second-order valence-corrected chi connectivity index (χ2v) is 24.0. The molecule has 6 heteroatoms. The fourth-order valence-electron chi connectivity index (χ4n) is 10.8. The average molecular weight is 1050 g/mol. The van der Waals surface area contributed by atoms with Gasteiger partial charge in [0.25, 0.3) is 0 Å². The van der Waals surface area contributed by atoms with Crippen molar-refractivity contribution in [1.29, 1.82) is 0 Å². The molecule has 0 saturated heterocycles. The first-order valence-electron chi connectivity index (χ1n) is 34.0. The number of unbranched alkanes of at least 4 members (excludes halogenated alkanes) is 51. The van der Waals surface area contributed by atoms with E-state index in [2.05, 4.69) is 20.8 Å². The van der Waals surface area contributed by atoms with Gasteiger partial charge in [-0.25, -0.2) is 9.78 Å². The highest BCUT2D eigenvalue weighted by atomic mass is 17.2. The maximum Gasteiger partial charge on any atom is 0.308 e. The van der Waals surface area contributed by atoms with Crippen LogP contribution in [0.25, 0.3) is 0 Å². The second-order valence-electron chi connectivity index (χ2n) is 24.0. The first kappa shape index (κ1) is 72.9. The molecule has 0 unspecified atom stereocenters. The van der Waals surface area contributed by atoms with Crippen LogP contribution in [0.5, 0.6) is 0 Å². The Morgan fingerprint density at radius 3 is 0.635 bits per heavy atom. The summed E-state index contributed by atoms with van der Waals surface area (Å²) >= 11 is 0. The molecule has 0 spiro atoms. The third-order valence-electron chi connectivity index (χ3n) is 16.3. The Balaban J connectivity index is 4.50. The van der Waals surface area contributed by atoms with Crippen molar-refractivity contribution < 1.29 is 28.8 Å². The normalized spacial score (nSPS) is 11.9. The van der Waals surface area contributed by atoms with E-state index in [0.29, 0.717) is 19.8 Å². The van der Waals surface area contributed by atoms with Crippen LogP contribution in [0.3, 0.4) is 0 Å². The quantitative estimate of drug-likeness (QED) is 0.0262. The first-order valence-corrected chi connectivity index (χ1v) is 34.0. The number of rotatable bonds is 64. The van der Waals surface area contributed by atoms with Crippen LogP contribution in [0, 0.1) is 5.92 Å². The van der Waals surface area contributed by atoms with Gasteiger partial charge in [0, 0.05) is 0 Å². The number of hydrogen-bond acceptors (Lipinski definition) is 6. The molecule has 0 aliphatic rings. The minimum atomic E-state index is -1.12. The summed E-state index contributed by atoms with van der Waals surface area (Å²) in [6, 6.07) is 0. The molecule has 0 atom stereocenters. The van der Waals surface area contributed by atoms with Crippen LogP contribution in [0.4, 0.5) is 0 Å². The predicted molar refractivity (Wildman–Crippen MR) is 322 cm³/mol. The van der Waals surface area contributed by atoms with Crippen molar-refractivity contribution >= 4 is 11.9 Å². The Morgan fingerprint density at radius 2 is 0.446 bits per heavy atom. The second kappa shape index (κ2) is 61.1. The summed E-state index contributed by atoms with van der Waals surface area (Å²) in [5.41, 5.74) is -1.12. The largest absolute Gasteiger partial charge is 0.466 e. The molecule has 0 bridgehead atoms. The van der Waals surface area contributed by atoms with Gasteiger partial charge in [0.05, 0.1) is 32.7 Å². The van der Waals surface area contributed by atoms with Gasteiger partial charge in [-0.1, -0.05) is 362 Å². The Kier molecular flexibility index (Phi) is 60.1. The number of carbonyl (C=O) groups is 2. The molecule has 6 nitrogen and oxygen atoms in total. The van der Waals surface area contributed by atoms with Crippen LogP contribution >= 0.6 is 0 Å². The third kappa shape index (κ3) is 54.2. The average Bonchev–Trinajstić information content (AvgIpc) is 3.39. The van der Waals surface area contributed by atoms with Crippen LogP contribution in [-0.2, 0) is 28.8 Å². The lowest BCUT2D eigenvalue weighted by Crippen LogP contribution is -2.43. The molecule has 0 fully saturated rings. The van der Waals surface area contributed by atoms with Crippen LogP contribution in [-0.4, -0.2) is 37.4 Å². The monoisotopic (exact) mass is 1050 g/mol. The van der Waals surface area contributed by atoms with Gasteiger partial charge in [-0.15, -0.1) is 0 Å². The number of carbonyl (C=O) groups excluding carboxylic acids is 2. The van der Waals surface area contributed by atoms with E-state index < -0.39 is 5.60 Å². The Morgan fingerprint density at radius 1 is 0.270 bits per heavy atom. The van der Waals surface area contributed by atoms with Crippen LogP contribution in [0.1, 0.15) is 394 Å². The molecule has 0 rings (SSSR count). The van der Waals surface area contributed by atoms with Gasteiger partial charge in [-0.2, -0.15) is 0 Å². The summed E-state index contributed by atoms with van der Waals surface area (Å²) in [5.74, 6) is -0.782. The van der Waals surface area contributed by atoms with Crippen molar-refractivity contribution in [2.45, 2.75) is 400 Å². The maximum absolute atomic E-state index is 13.4. The molecular weight excluding hydrogens is 913 g/mol. The van der Waals surface area contributed by atoms with Crippen molar-refractivity contribution in [3.05, 3.63) is 0 Å². The van der Waals surface area contributed by atoms with Gasteiger partial charge in [0.1, 0.15) is 5.60 Å². The molecule has 0 aliphatic carbocycles. The van der Waals surface area contributed by atoms with E-state index in [4.69, 9.17) is 19.2 Å². The van der Waals surface area contributed by atoms with Crippen LogP contribution < -0.4 is 0 Å². The molecule has 0 heterocycles. The third-order valence-corrected chi connectivity index (χ3v) is 16.3. The zero-order chi connectivity index (χ0) is 53.8. The Hall–Kier alpha value is -1.14. The van der Waals surface area contributed by atoms with Crippen molar-refractivity contribution in [1.82, 2.24) is 0 Å². The number of hydrogen-bond donors (Lipinski definition) is 0. The molecule has 0 amide bonds. The van der Waals surface area contributed by atoms with E-state index in [9.17, 15) is 9.59 Å². The van der Waals surface area contributed by atoms with E-state index >= 15 is 0 Å². The van der Waals surface area contributed by atoms with Gasteiger partial charge in [-0.3, -0.25) is 9.59 Å². The fourth-order valence-corrected chi connectivity index (χ4v) is 10.8. The van der Waals surface area contributed by atoms with Gasteiger partial charge in [0.2, 0.25) is 0 Å². The molecular formula is C68H134O6. The standard InChI is InChI=1S/C68H134O6/c1-6-9-12-15-18-21-24-27-30-33-36-39-42-45-48-51-54-57-60-71-66(69)63-68(65(4)5,74-73-62-59-56-53-50-47-44-41-38-35-32-29-26-23-20-17-14-11-8-3)64-67(70)72-61-58-55-52-49-46-43-40-37-34-31-28-25-22-19-16-13-10-7-2/h65H,6-64H2,1-5H3. The minimum absolute atomic E-state index is 0.0167. The van der Waals surface area contributed by atoms with Crippen LogP contribution in [0.2, 0.25) is 0 Å². The van der Waals surface area contributed by atoms with Crippen molar-refractivity contribution in [2.24, 2.45) is 5.92 Å². The maximum atomic E-state index is 13.4. The van der Waals surface area contributed by atoms with E-state index in [0.717, 1.165) is 38.5 Å². The topological polar surface area (TPSA) is 71.1 Å². The number of esters is 2. The fraction of sp³-hybridized carbons (Fsp3) is 0.971. The Labute approximate surface area is 464 Å². The summed E-state index contributed by atoms with van der Waals surface area (Å²) in [5, 5.41) is 0. The van der Waals surface area contributed by atoms with Gasteiger partial charge >= 0.3 is 11.9 Å². The molecule has 0 N–H and O–H groups in total. The van der Waals surface area contributed by atoms with Gasteiger partial charge in [-0.05, 0) is 25.2 Å². The van der Waals surface area contributed by atoms with Gasteiger partial charge < -0.3 is 9.47 Å². The molecule has 0 aromatic carbocycles. The van der Waals surface area contributed by atoms with E-state index in [1.807, 2.05) is 13.8 Å². The SMILES string of the molecule is CCCCCCCCCCCCCCCCCCCCOOC(CC(=O)OCCCCCCCCCCCCCCCCCCCC)(CC(=O)OCCCCCCCCCCCCCCCCCCCC)C(C)C. The molecule has 74 heavy (non-hydrogen) atoms. The predicted octanol–water partition coefficient (Wildman–Crippen LogP) is 23.3. The van der Waals surface area contributed by atoms with Crippen molar-refractivity contribution in [3.8, 4) is 0 Å². The van der Waals surface area contributed by atoms with Crippen LogP contribution in [0.15, 0.2) is 0 Å². The molecule has 0 aliphatic heterocycles. The molecule has 0 aromatic rings. The molecule has 442 valence electrons.